The molecule has 2 saturated carbocycles. The van der Waals surface area contributed by atoms with Crippen molar-refractivity contribution in [3.8, 4) is 0 Å². The molecule has 0 aromatic rings. The van der Waals surface area contributed by atoms with Gasteiger partial charge in [0.2, 0.25) is 10.0 Å². The average Bonchev–Trinajstić information content (AvgIpc) is 2.97. The van der Waals surface area contributed by atoms with Gasteiger partial charge in [-0.15, -0.1) is 11.6 Å². The SMILES string of the molecule is O=S(=O)(CC1CC1)NC1CCCCCC1Cl. The van der Waals surface area contributed by atoms with Crippen LogP contribution in [0.1, 0.15) is 44.9 Å². The summed E-state index contributed by atoms with van der Waals surface area (Å²) in [4.78, 5) is 0. The van der Waals surface area contributed by atoms with Crippen LogP contribution in [0.2, 0.25) is 0 Å². The van der Waals surface area contributed by atoms with Gasteiger partial charge in [0.25, 0.3) is 0 Å². The minimum Gasteiger partial charge on any atom is -0.212 e. The van der Waals surface area contributed by atoms with Crippen LogP contribution in [0.15, 0.2) is 0 Å². The van der Waals surface area contributed by atoms with E-state index in [1.807, 2.05) is 0 Å². The van der Waals surface area contributed by atoms with Crippen LogP contribution in [-0.2, 0) is 10.0 Å². The average molecular weight is 266 g/mol. The van der Waals surface area contributed by atoms with Gasteiger partial charge in [-0.3, -0.25) is 0 Å². The van der Waals surface area contributed by atoms with Crippen molar-refractivity contribution in [1.29, 1.82) is 0 Å². The summed E-state index contributed by atoms with van der Waals surface area (Å²) in [6.07, 6.45) is 7.32. The first kappa shape index (κ1) is 12.7. The molecular formula is C11H20ClNO2S. The molecule has 1 N–H and O–H groups in total. The highest BCUT2D eigenvalue weighted by atomic mass is 35.5. The number of nitrogens with one attached hydrogen (secondary N) is 1. The van der Waals surface area contributed by atoms with Gasteiger partial charge in [-0.05, 0) is 31.6 Å². The van der Waals surface area contributed by atoms with E-state index >= 15 is 0 Å². The zero-order chi connectivity index (χ0) is 11.6. The smallest absolute Gasteiger partial charge is 0.212 e. The van der Waals surface area contributed by atoms with E-state index in [0.29, 0.717) is 11.7 Å². The van der Waals surface area contributed by atoms with Crippen molar-refractivity contribution >= 4 is 21.6 Å². The Labute approximate surface area is 103 Å². The summed E-state index contributed by atoms with van der Waals surface area (Å²) in [6, 6.07) is -0.0482. The second kappa shape index (κ2) is 5.23. The van der Waals surface area contributed by atoms with Gasteiger partial charge < -0.3 is 0 Å². The summed E-state index contributed by atoms with van der Waals surface area (Å²) >= 11 is 6.22. The molecule has 0 bridgehead atoms. The highest BCUT2D eigenvalue weighted by molar-refractivity contribution is 7.89. The number of hydrogen-bond donors (Lipinski definition) is 1. The maximum absolute atomic E-state index is 11.8. The van der Waals surface area contributed by atoms with Crippen LogP contribution in [0.4, 0.5) is 0 Å². The van der Waals surface area contributed by atoms with Gasteiger partial charge in [0, 0.05) is 11.4 Å². The van der Waals surface area contributed by atoms with E-state index < -0.39 is 10.0 Å². The Morgan fingerprint density at radius 2 is 1.75 bits per heavy atom. The molecule has 2 fully saturated rings. The lowest BCUT2D eigenvalue weighted by atomic mass is 10.1. The van der Waals surface area contributed by atoms with Crippen molar-refractivity contribution in [2.24, 2.45) is 5.92 Å². The molecule has 5 heteroatoms. The van der Waals surface area contributed by atoms with Gasteiger partial charge in [0.1, 0.15) is 0 Å². The molecule has 0 amide bonds. The standard InChI is InChI=1S/C11H20ClNO2S/c12-10-4-2-1-3-5-11(10)13-16(14,15)8-9-6-7-9/h9-11,13H,1-8H2. The van der Waals surface area contributed by atoms with Crippen molar-refractivity contribution < 1.29 is 8.42 Å². The van der Waals surface area contributed by atoms with E-state index in [9.17, 15) is 8.42 Å². The summed E-state index contributed by atoms with van der Waals surface area (Å²) in [6.45, 7) is 0. The van der Waals surface area contributed by atoms with E-state index in [1.165, 1.54) is 6.42 Å². The number of alkyl halides is 1. The lowest BCUT2D eigenvalue weighted by Gasteiger charge is -2.20. The molecule has 2 aliphatic rings. The van der Waals surface area contributed by atoms with Gasteiger partial charge >= 0.3 is 0 Å². The molecule has 0 spiro atoms. The van der Waals surface area contributed by atoms with E-state index in [2.05, 4.69) is 4.72 Å². The largest absolute Gasteiger partial charge is 0.212 e. The van der Waals surface area contributed by atoms with Crippen molar-refractivity contribution in [2.75, 3.05) is 5.75 Å². The molecule has 0 saturated heterocycles. The third-order valence-electron chi connectivity index (χ3n) is 3.41. The number of halogens is 1. The first-order valence-electron chi connectivity index (χ1n) is 6.21. The fourth-order valence-electron chi connectivity index (χ4n) is 2.27. The summed E-state index contributed by atoms with van der Waals surface area (Å²) < 4.78 is 26.5. The van der Waals surface area contributed by atoms with E-state index in [-0.39, 0.29) is 11.4 Å². The minimum atomic E-state index is -3.10. The molecule has 3 nitrogen and oxygen atoms in total. The molecule has 0 radical (unpaired) electrons. The van der Waals surface area contributed by atoms with Crippen LogP contribution < -0.4 is 4.72 Å². The van der Waals surface area contributed by atoms with Crippen LogP contribution >= 0.6 is 11.6 Å². The maximum atomic E-state index is 11.8. The van der Waals surface area contributed by atoms with Crippen molar-refractivity contribution in [1.82, 2.24) is 4.72 Å². The van der Waals surface area contributed by atoms with Crippen LogP contribution in [-0.4, -0.2) is 25.6 Å². The lowest BCUT2D eigenvalue weighted by molar-refractivity contribution is 0.512. The summed E-state index contributed by atoms with van der Waals surface area (Å²) in [5, 5.41) is -0.0310. The highest BCUT2D eigenvalue weighted by Gasteiger charge is 2.31. The molecule has 0 aromatic heterocycles. The molecule has 94 valence electrons. The van der Waals surface area contributed by atoms with Crippen LogP contribution in [0.3, 0.4) is 0 Å². The topological polar surface area (TPSA) is 46.2 Å². The highest BCUT2D eigenvalue weighted by Crippen LogP contribution is 2.30. The fourth-order valence-corrected chi connectivity index (χ4v) is 4.48. The predicted octanol–water partition coefficient (Wildman–Crippen LogP) is 2.26. The Hall–Kier alpha value is 0.200. The van der Waals surface area contributed by atoms with Gasteiger partial charge in [0.05, 0.1) is 5.75 Å². The quantitative estimate of drug-likeness (QED) is 0.626. The molecule has 2 unspecified atom stereocenters. The lowest BCUT2D eigenvalue weighted by Crippen LogP contribution is -2.41. The minimum absolute atomic E-state index is 0.0310. The van der Waals surface area contributed by atoms with Gasteiger partial charge in [-0.2, -0.15) is 0 Å². The zero-order valence-electron chi connectivity index (χ0n) is 9.49. The second-order valence-corrected chi connectivity index (χ2v) is 7.46. The fraction of sp³-hybridized carbons (Fsp3) is 1.00. The Balaban J connectivity index is 1.90. The first-order valence-corrected chi connectivity index (χ1v) is 8.30. The summed E-state index contributed by atoms with van der Waals surface area (Å²) in [7, 11) is -3.10. The number of hydrogen-bond acceptors (Lipinski definition) is 2. The zero-order valence-corrected chi connectivity index (χ0v) is 11.1. The molecule has 0 aromatic carbocycles. The third kappa shape index (κ3) is 3.90. The van der Waals surface area contributed by atoms with Crippen LogP contribution in [0.25, 0.3) is 0 Å². The van der Waals surface area contributed by atoms with Crippen molar-refractivity contribution in [3.05, 3.63) is 0 Å². The third-order valence-corrected chi connectivity index (χ3v) is 5.51. The molecule has 16 heavy (non-hydrogen) atoms. The van der Waals surface area contributed by atoms with Crippen LogP contribution in [0.5, 0.6) is 0 Å². The number of sulfonamides is 1. The van der Waals surface area contributed by atoms with E-state index in [1.54, 1.807) is 0 Å². The van der Waals surface area contributed by atoms with Gasteiger partial charge in [-0.25, -0.2) is 13.1 Å². The first-order chi connectivity index (χ1) is 7.57. The van der Waals surface area contributed by atoms with Crippen LogP contribution in [0, 0.1) is 5.92 Å². The van der Waals surface area contributed by atoms with E-state index in [0.717, 1.165) is 38.5 Å². The normalized spacial score (nSPS) is 32.3. The van der Waals surface area contributed by atoms with Gasteiger partial charge in [-0.1, -0.05) is 19.3 Å². The Bertz CT molecular complexity index is 327. The molecule has 2 aliphatic carbocycles. The summed E-state index contributed by atoms with van der Waals surface area (Å²) in [5.74, 6) is 0.699. The van der Waals surface area contributed by atoms with Gasteiger partial charge in [0.15, 0.2) is 0 Å². The Morgan fingerprint density at radius 3 is 2.44 bits per heavy atom. The van der Waals surface area contributed by atoms with E-state index in [4.69, 9.17) is 11.6 Å². The monoisotopic (exact) mass is 265 g/mol. The van der Waals surface area contributed by atoms with Crippen molar-refractivity contribution in [3.63, 3.8) is 0 Å². The number of rotatable bonds is 4. The molecular weight excluding hydrogens is 246 g/mol. The molecule has 2 rings (SSSR count). The second-order valence-electron chi connectivity index (χ2n) is 5.10. The molecule has 0 aliphatic heterocycles. The molecule has 0 heterocycles. The maximum Gasteiger partial charge on any atom is 0.212 e. The predicted molar refractivity (Wildman–Crippen MR) is 66.2 cm³/mol. The summed E-state index contributed by atoms with van der Waals surface area (Å²) in [5.41, 5.74) is 0. The van der Waals surface area contributed by atoms with Crippen molar-refractivity contribution in [2.45, 2.75) is 56.4 Å². The molecule has 2 atom stereocenters. The Morgan fingerprint density at radius 1 is 1.06 bits per heavy atom. The Kier molecular flexibility index (Phi) is 4.14.